The third-order valence-electron chi connectivity index (χ3n) is 18.5. The fourth-order valence-corrected chi connectivity index (χ4v) is 14.7. The molecule has 3 aliphatic rings. The van der Waals surface area contributed by atoms with Crippen LogP contribution in [0.5, 0.6) is 11.5 Å². The molecule has 4 heterocycles. The molecule has 3 aliphatic heterocycles. The summed E-state index contributed by atoms with van der Waals surface area (Å²) in [5.74, 6) is -3.58. The number of fused-ring (bicyclic) bond motifs is 6. The van der Waals surface area contributed by atoms with E-state index in [0.717, 1.165) is 39.4 Å². The largest absolute Gasteiger partial charge is 0.445 e. The van der Waals surface area contributed by atoms with Crippen LogP contribution in [0.1, 0.15) is 81.5 Å². The number of amides is 8. The van der Waals surface area contributed by atoms with E-state index in [2.05, 4.69) is 10.6 Å². The van der Waals surface area contributed by atoms with Crippen molar-refractivity contribution in [1.29, 1.82) is 0 Å². The van der Waals surface area contributed by atoms with E-state index in [1.807, 2.05) is 44.2 Å². The molecule has 9 rings (SSSR count). The lowest BCUT2D eigenvalue weighted by molar-refractivity contribution is -0.137. The fourth-order valence-electron chi connectivity index (χ4n) is 12.8. The molecule has 0 spiro atoms. The number of imide groups is 1. The number of Topliss-reactive ketones (excluding diaryl/α,β-unsaturated/α-hetero) is 1. The third-order valence-corrected chi connectivity index (χ3v) is 20.8. The fraction of sp³-hybridized carbons (Fsp3) is 0.474. The van der Waals surface area contributed by atoms with Gasteiger partial charge >= 0.3 is 19.8 Å². The molecule has 8 amide bonds. The minimum atomic E-state index is -4.02. The van der Waals surface area contributed by atoms with Gasteiger partial charge in [-0.15, -0.1) is 34.5 Å². The summed E-state index contributed by atoms with van der Waals surface area (Å²) >= 11 is 14.2. The molecule has 3 N–H and O–H groups in total. The lowest BCUT2D eigenvalue weighted by atomic mass is 9.92. The maximum Gasteiger partial charge on any atom is 0.415 e. The number of carbonyl (C=O) groups is 9. The lowest BCUT2D eigenvalue weighted by Gasteiger charge is -2.27. The number of ether oxygens (including phenoxy) is 10. The maximum absolute atomic E-state index is 14.9. The van der Waals surface area contributed by atoms with E-state index >= 15 is 0 Å². The van der Waals surface area contributed by atoms with Crippen molar-refractivity contribution in [2.45, 2.75) is 58.1 Å². The zero-order valence-electron chi connectivity index (χ0n) is 63.0. The first-order valence-corrected chi connectivity index (χ1v) is 40.5. The highest BCUT2D eigenvalue weighted by Crippen LogP contribution is 2.51. The Labute approximate surface area is 658 Å². The van der Waals surface area contributed by atoms with Crippen LogP contribution in [0.3, 0.4) is 0 Å². The van der Waals surface area contributed by atoms with Gasteiger partial charge in [-0.2, -0.15) is 0 Å². The van der Waals surface area contributed by atoms with Gasteiger partial charge in [0.25, 0.3) is 23.6 Å². The summed E-state index contributed by atoms with van der Waals surface area (Å²) in [6, 6.07) is 26.8. The summed E-state index contributed by atoms with van der Waals surface area (Å²) < 4.78 is 73.9. The van der Waals surface area contributed by atoms with E-state index in [4.69, 9.17) is 75.1 Å². The molecule has 0 fully saturated rings. The summed E-state index contributed by atoms with van der Waals surface area (Å²) in [6.07, 6.45) is 0.875. The number of nitrogens with zero attached hydrogens (tertiary/aromatic N) is 5. The Hall–Kier alpha value is -8.46. The molecule has 0 aliphatic carbocycles. The maximum atomic E-state index is 14.9. The van der Waals surface area contributed by atoms with Gasteiger partial charge in [0.2, 0.25) is 11.8 Å². The Kier molecular flexibility index (Phi) is 33.5. The number of ketones is 1. The Bertz CT molecular complexity index is 4280. The molecular weight excluding hydrogens is 1520 g/mol. The molecule has 1 aromatic heterocycles. The number of anilines is 3. The van der Waals surface area contributed by atoms with E-state index in [-0.39, 0.29) is 179 Å². The molecular formula is C78H96Cl2N7O22PS. The number of thiophene rings is 1. The number of nitrogens with one attached hydrogen (secondary N) is 2. The number of hydrogen-bond acceptors (Lipinski definition) is 22. The molecule has 0 bridgehead atoms. The highest BCUT2D eigenvalue weighted by molar-refractivity contribution is 7.52. The summed E-state index contributed by atoms with van der Waals surface area (Å²) in [7, 11) is -1.04. The quantitative estimate of drug-likeness (QED) is 0.0138. The molecule has 111 heavy (non-hydrogen) atoms. The molecule has 0 saturated heterocycles. The van der Waals surface area contributed by atoms with E-state index in [9.17, 15) is 52.6 Å². The van der Waals surface area contributed by atoms with E-state index in [0.29, 0.717) is 91.6 Å². The summed E-state index contributed by atoms with van der Waals surface area (Å²) in [6.45, 7) is 10.9. The van der Waals surface area contributed by atoms with Crippen molar-refractivity contribution >= 4 is 134 Å². The van der Waals surface area contributed by atoms with Crippen molar-refractivity contribution < 1.29 is 105 Å². The Morgan fingerprint density at radius 1 is 0.595 bits per heavy atom. The first-order valence-electron chi connectivity index (χ1n) is 36.6. The van der Waals surface area contributed by atoms with Crippen molar-refractivity contribution in [2.24, 2.45) is 11.8 Å². The van der Waals surface area contributed by atoms with Crippen molar-refractivity contribution in [3.63, 3.8) is 0 Å². The van der Waals surface area contributed by atoms with Crippen molar-refractivity contribution in [3.05, 3.63) is 136 Å². The molecule has 6 aromatic rings. The van der Waals surface area contributed by atoms with Crippen LogP contribution in [-0.2, 0) is 77.8 Å². The van der Waals surface area contributed by atoms with Crippen LogP contribution in [0.15, 0.2) is 109 Å². The summed E-state index contributed by atoms with van der Waals surface area (Å²) in [5.41, 5.74) is 3.55. The highest BCUT2D eigenvalue weighted by atomic mass is 35.5. The SMILES string of the molecule is COCCN(CCN(CCOC)C(=O)Oc1cc2c(c3ccccc13)[C@H](CCl)CN2C(=O)c1ccc(C(=O)N2C[C@@H](CCl)c3c2cc(OP(C)(=O)O)c2ccccc32)s1)C(=O)OCc1ccc(NC(=O)[C@H](C)CC(=O)[C@@H](NC(=O)CCOCCOCCOCCOCCOCCOCCN2C(=O)C=CC2=O)C(C)C)cc1. The normalized spacial score (nSPS) is 15.6. The van der Waals surface area contributed by atoms with Crippen LogP contribution in [-0.4, -0.2) is 250 Å². The Morgan fingerprint density at radius 3 is 1.53 bits per heavy atom. The number of halogens is 2. The summed E-state index contributed by atoms with van der Waals surface area (Å²) in [4.78, 5) is 139. The van der Waals surface area contributed by atoms with Gasteiger partial charge in [-0.25, -0.2) is 14.2 Å². The molecule has 5 aromatic carbocycles. The van der Waals surface area contributed by atoms with E-state index < -0.39 is 49.5 Å². The van der Waals surface area contributed by atoms with Gasteiger partial charge in [-0.3, -0.25) is 38.5 Å². The second-order valence-corrected chi connectivity index (χ2v) is 30.3. The molecule has 33 heteroatoms. The topological polar surface area (TPSA) is 333 Å². The average molecular weight is 1620 g/mol. The van der Waals surface area contributed by atoms with Gasteiger partial charge in [-0.05, 0) is 57.6 Å². The van der Waals surface area contributed by atoms with Gasteiger partial charge in [0.1, 0.15) is 18.1 Å². The number of alkyl halides is 2. The number of rotatable bonds is 46. The Balaban J connectivity index is 0.702. The number of carbonyl (C=O) groups excluding carboxylic acids is 9. The molecule has 5 atom stereocenters. The highest BCUT2D eigenvalue weighted by Gasteiger charge is 2.40. The van der Waals surface area contributed by atoms with Crippen LogP contribution in [0.25, 0.3) is 21.5 Å². The van der Waals surface area contributed by atoms with Crippen LogP contribution < -0.4 is 29.7 Å². The second kappa shape index (κ2) is 43.0. The zero-order valence-corrected chi connectivity index (χ0v) is 66.3. The zero-order chi connectivity index (χ0) is 79.6. The first kappa shape index (κ1) is 86.5. The standard InChI is InChI=1S/C78H96Cl2N7O22PS/c1-51(2)73(82-68(89)23-29-101-33-35-103-37-39-105-41-42-106-40-38-104-36-34-102-32-28-85-69(90)21-22-70(85)91)63(88)43-52(3)74(92)81-56-17-15-53(16-18-56)50-107-77(95)83(26-30-99-4)24-25-84(27-31-100-5)78(96)108-64-44-61-71(59-13-9-7-11-57(59)64)54(46-79)48-86(61)75(93)66-19-20-67(111-66)76(94)87-49-55(47-80)72-60-14-10-8-12-58(60)65(45-62(72)87)109-110(6,97)98/h7-22,44-45,51-52,54-55,73H,23-43,46-50H2,1-6H3,(H,81,92)(H,82,89)(H,97,98)/t52-,54-,55-,73+/m1/s1. The molecule has 0 saturated carbocycles. The van der Waals surface area contributed by atoms with Gasteiger partial charge in [0.15, 0.2) is 5.78 Å². The monoisotopic (exact) mass is 1620 g/mol. The van der Waals surface area contributed by atoms with Gasteiger partial charge in [-0.1, -0.05) is 81.4 Å². The van der Waals surface area contributed by atoms with Crippen molar-refractivity contribution in [1.82, 2.24) is 20.0 Å². The number of benzene rings is 5. The molecule has 29 nitrogen and oxygen atoms in total. The first-order chi connectivity index (χ1) is 53.5. The Morgan fingerprint density at radius 2 is 1.05 bits per heavy atom. The van der Waals surface area contributed by atoms with Crippen LogP contribution >= 0.6 is 42.1 Å². The van der Waals surface area contributed by atoms with Gasteiger partial charge in [0.05, 0.1) is 126 Å². The van der Waals surface area contributed by atoms with Crippen molar-refractivity contribution in [2.75, 3.05) is 186 Å². The van der Waals surface area contributed by atoms with E-state index in [1.54, 1.807) is 83.5 Å². The van der Waals surface area contributed by atoms with Gasteiger partial charge < -0.3 is 87.0 Å². The second-order valence-electron chi connectivity index (χ2n) is 26.8. The predicted octanol–water partition coefficient (Wildman–Crippen LogP) is 10.0. The summed E-state index contributed by atoms with van der Waals surface area (Å²) in [5, 5.41) is 8.25. The predicted molar refractivity (Wildman–Crippen MR) is 418 cm³/mol. The number of methoxy groups -OCH3 is 2. The molecule has 600 valence electrons. The minimum Gasteiger partial charge on any atom is -0.445 e. The average Bonchev–Trinajstić information content (AvgIpc) is 1.61. The smallest absolute Gasteiger partial charge is 0.415 e. The molecule has 0 radical (unpaired) electrons. The number of hydrogen-bond donors (Lipinski definition) is 3. The van der Waals surface area contributed by atoms with Crippen LogP contribution in [0.2, 0.25) is 0 Å². The van der Waals surface area contributed by atoms with E-state index in [1.165, 1.54) is 36.2 Å². The van der Waals surface area contributed by atoms with Crippen LogP contribution in [0.4, 0.5) is 26.7 Å². The third kappa shape index (κ3) is 24.3. The van der Waals surface area contributed by atoms with Crippen LogP contribution in [0, 0.1) is 11.8 Å². The molecule has 1 unspecified atom stereocenters. The minimum absolute atomic E-state index is 0.00936. The van der Waals surface area contributed by atoms with Crippen molar-refractivity contribution in [3.8, 4) is 11.5 Å². The lowest BCUT2D eigenvalue weighted by Crippen LogP contribution is -2.45. The van der Waals surface area contributed by atoms with Gasteiger partial charge in [0, 0.05) is 143 Å².